The summed E-state index contributed by atoms with van der Waals surface area (Å²) in [6.07, 6.45) is 0. The summed E-state index contributed by atoms with van der Waals surface area (Å²) >= 11 is 0. The first-order chi connectivity index (χ1) is 11.1. The van der Waals surface area contributed by atoms with E-state index in [9.17, 15) is 4.79 Å². The minimum atomic E-state index is -0.226. The van der Waals surface area contributed by atoms with E-state index in [1.54, 1.807) is 25.1 Å². The number of aromatic nitrogens is 2. The van der Waals surface area contributed by atoms with Crippen LogP contribution in [0, 0.1) is 13.8 Å². The summed E-state index contributed by atoms with van der Waals surface area (Å²) in [6, 6.07) is 8.97. The third-order valence-electron chi connectivity index (χ3n) is 3.41. The first kappa shape index (κ1) is 15.0. The number of fused-ring (bicyclic) bond motifs is 1. The largest absolute Gasteiger partial charge is 0.494 e. The van der Waals surface area contributed by atoms with Gasteiger partial charge in [0.05, 0.1) is 23.3 Å². The van der Waals surface area contributed by atoms with Gasteiger partial charge < -0.3 is 14.6 Å². The van der Waals surface area contributed by atoms with Crippen LogP contribution >= 0.6 is 0 Å². The van der Waals surface area contributed by atoms with E-state index in [4.69, 9.17) is 9.26 Å². The molecular formula is C17H17N3O3. The molecule has 2 heterocycles. The minimum absolute atomic E-state index is 0.226. The summed E-state index contributed by atoms with van der Waals surface area (Å²) in [5, 5.41) is 7.40. The first-order valence-electron chi connectivity index (χ1n) is 7.36. The van der Waals surface area contributed by atoms with Crippen molar-refractivity contribution in [3.63, 3.8) is 0 Å². The van der Waals surface area contributed by atoms with Crippen LogP contribution in [0.15, 0.2) is 34.9 Å². The Bertz CT molecular complexity index is 853. The minimum Gasteiger partial charge on any atom is -0.494 e. The molecule has 0 saturated heterocycles. The molecule has 3 rings (SSSR count). The second kappa shape index (κ2) is 6.08. The maximum absolute atomic E-state index is 12.6. The zero-order valence-corrected chi connectivity index (χ0v) is 13.2. The molecule has 0 atom stereocenters. The molecule has 0 fully saturated rings. The van der Waals surface area contributed by atoms with E-state index in [1.807, 2.05) is 26.0 Å². The van der Waals surface area contributed by atoms with E-state index in [0.29, 0.717) is 40.3 Å². The van der Waals surface area contributed by atoms with Gasteiger partial charge in [0.1, 0.15) is 5.75 Å². The molecule has 0 aliphatic heterocycles. The normalized spacial score (nSPS) is 10.7. The highest BCUT2D eigenvalue weighted by Crippen LogP contribution is 2.23. The number of hydrogen-bond donors (Lipinski definition) is 1. The van der Waals surface area contributed by atoms with Crippen molar-refractivity contribution in [2.45, 2.75) is 20.8 Å². The molecule has 0 radical (unpaired) electrons. The molecule has 1 aromatic carbocycles. The fraction of sp³-hybridized carbons (Fsp3) is 0.235. The standard InChI is InChI=1S/C17H17N3O3/c1-4-22-13-7-5-12(6-8-13)19-16(21)14-9-10(2)18-17-15(14)11(3)20-23-17/h5-9H,4H2,1-3H3,(H,19,21). The highest BCUT2D eigenvalue weighted by atomic mass is 16.5. The molecule has 6 nitrogen and oxygen atoms in total. The van der Waals surface area contributed by atoms with Crippen molar-refractivity contribution in [1.82, 2.24) is 10.1 Å². The topological polar surface area (TPSA) is 77.2 Å². The number of hydrogen-bond acceptors (Lipinski definition) is 5. The number of amides is 1. The van der Waals surface area contributed by atoms with E-state index in [-0.39, 0.29) is 5.91 Å². The summed E-state index contributed by atoms with van der Waals surface area (Å²) in [5.41, 5.74) is 2.91. The van der Waals surface area contributed by atoms with E-state index < -0.39 is 0 Å². The summed E-state index contributed by atoms with van der Waals surface area (Å²) < 4.78 is 10.5. The summed E-state index contributed by atoms with van der Waals surface area (Å²) in [7, 11) is 0. The number of pyridine rings is 1. The molecule has 0 aliphatic rings. The molecule has 118 valence electrons. The number of nitrogens with one attached hydrogen (secondary N) is 1. The van der Waals surface area contributed by atoms with Crippen LogP contribution in [0.5, 0.6) is 5.75 Å². The van der Waals surface area contributed by atoms with Crippen LogP contribution in [0.3, 0.4) is 0 Å². The molecule has 1 N–H and O–H groups in total. The number of anilines is 1. The molecule has 0 unspecified atom stereocenters. The van der Waals surface area contributed by atoms with Gasteiger partial charge in [-0.25, -0.2) is 4.98 Å². The van der Waals surface area contributed by atoms with Crippen LogP contribution in [0.4, 0.5) is 5.69 Å². The van der Waals surface area contributed by atoms with Gasteiger partial charge >= 0.3 is 0 Å². The Morgan fingerprint density at radius 3 is 2.70 bits per heavy atom. The second-order valence-electron chi connectivity index (χ2n) is 5.17. The predicted molar refractivity (Wildman–Crippen MR) is 86.8 cm³/mol. The fourth-order valence-corrected chi connectivity index (χ4v) is 2.40. The average molecular weight is 311 g/mol. The smallest absolute Gasteiger partial charge is 0.258 e. The van der Waals surface area contributed by atoms with Crippen molar-refractivity contribution in [3.8, 4) is 5.75 Å². The number of nitrogens with zero attached hydrogens (tertiary/aromatic N) is 2. The number of aryl methyl sites for hydroxylation is 2. The van der Waals surface area contributed by atoms with Crippen LogP contribution in [0.25, 0.3) is 11.1 Å². The molecule has 0 aliphatic carbocycles. The maximum atomic E-state index is 12.6. The monoisotopic (exact) mass is 311 g/mol. The highest BCUT2D eigenvalue weighted by Gasteiger charge is 2.17. The lowest BCUT2D eigenvalue weighted by Crippen LogP contribution is -2.13. The van der Waals surface area contributed by atoms with Crippen molar-refractivity contribution in [2.75, 3.05) is 11.9 Å². The molecule has 23 heavy (non-hydrogen) atoms. The number of ether oxygens (including phenoxy) is 1. The Balaban J connectivity index is 1.90. The van der Waals surface area contributed by atoms with Gasteiger partial charge in [0.2, 0.25) is 0 Å². The van der Waals surface area contributed by atoms with Gasteiger partial charge in [0, 0.05) is 11.4 Å². The Morgan fingerprint density at radius 2 is 2.00 bits per heavy atom. The van der Waals surface area contributed by atoms with Crippen LogP contribution < -0.4 is 10.1 Å². The summed E-state index contributed by atoms with van der Waals surface area (Å²) in [5.74, 6) is 0.540. The van der Waals surface area contributed by atoms with Crippen molar-refractivity contribution < 1.29 is 14.1 Å². The van der Waals surface area contributed by atoms with E-state index in [2.05, 4.69) is 15.5 Å². The lowest BCUT2D eigenvalue weighted by atomic mass is 10.1. The van der Waals surface area contributed by atoms with Crippen molar-refractivity contribution >= 4 is 22.7 Å². The van der Waals surface area contributed by atoms with Crippen LogP contribution in [-0.4, -0.2) is 22.7 Å². The summed E-state index contributed by atoms with van der Waals surface area (Å²) in [6.45, 7) is 6.13. The number of benzene rings is 1. The molecule has 6 heteroatoms. The first-order valence-corrected chi connectivity index (χ1v) is 7.36. The van der Waals surface area contributed by atoms with E-state index >= 15 is 0 Å². The number of carbonyl (C=O) groups is 1. The fourth-order valence-electron chi connectivity index (χ4n) is 2.40. The van der Waals surface area contributed by atoms with Gasteiger partial charge in [-0.1, -0.05) is 5.16 Å². The lowest BCUT2D eigenvalue weighted by Gasteiger charge is -2.08. The van der Waals surface area contributed by atoms with Crippen molar-refractivity contribution in [3.05, 3.63) is 47.3 Å². The van der Waals surface area contributed by atoms with Gasteiger partial charge in [-0.05, 0) is 51.1 Å². The van der Waals surface area contributed by atoms with Crippen molar-refractivity contribution in [2.24, 2.45) is 0 Å². The molecule has 0 saturated carbocycles. The van der Waals surface area contributed by atoms with Crippen LogP contribution in [-0.2, 0) is 0 Å². The van der Waals surface area contributed by atoms with Gasteiger partial charge in [0.25, 0.3) is 11.6 Å². The molecule has 0 spiro atoms. The van der Waals surface area contributed by atoms with E-state index in [0.717, 1.165) is 5.75 Å². The third-order valence-corrected chi connectivity index (χ3v) is 3.41. The molecule has 0 bridgehead atoms. The Kier molecular flexibility index (Phi) is 3.97. The van der Waals surface area contributed by atoms with Gasteiger partial charge in [-0.2, -0.15) is 0 Å². The summed E-state index contributed by atoms with van der Waals surface area (Å²) in [4.78, 5) is 16.9. The van der Waals surface area contributed by atoms with Gasteiger partial charge in [-0.15, -0.1) is 0 Å². The second-order valence-corrected chi connectivity index (χ2v) is 5.17. The maximum Gasteiger partial charge on any atom is 0.258 e. The van der Waals surface area contributed by atoms with Gasteiger partial charge in [-0.3, -0.25) is 4.79 Å². The predicted octanol–water partition coefficient (Wildman–Crippen LogP) is 3.49. The Morgan fingerprint density at radius 1 is 1.26 bits per heavy atom. The molecule has 1 amide bonds. The van der Waals surface area contributed by atoms with Crippen LogP contribution in [0.1, 0.15) is 28.7 Å². The van der Waals surface area contributed by atoms with Crippen molar-refractivity contribution in [1.29, 1.82) is 0 Å². The quantitative estimate of drug-likeness (QED) is 0.798. The number of carbonyl (C=O) groups excluding carboxylic acids is 1. The van der Waals surface area contributed by atoms with Gasteiger partial charge in [0.15, 0.2) is 0 Å². The molecule has 3 aromatic rings. The molecule has 2 aromatic heterocycles. The zero-order valence-electron chi connectivity index (χ0n) is 13.2. The third kappa shape index (κ3) is 3.01. The van der Waals surface area contributed by atoms with Crippen LogP contribution in [0.2, 0.25) is 0 Å². The number of rotatable bonds is 4. The Labute approximate surface area is 133 Å². The average Bonchev–Trinajstić information content (AvgIpc) is 2.90. The zero-order chi connectivity index (χ0) is 16.4. The molecular weight excluding hydrogens is 294 g/mol. The Hall–Kier alpha value is -2.89. The SMILES string of the molecule is CCOc1ccc(NC(=O)c2cc(C)nc3onc(C)c23)cc1. The highest BCUT2D eigenvalue weighted by molar-refractivity contribution is 6.12. The van der Waals surface area contributed by atoms with E-state index in [1.165, 1.54) is 0 Å². The lowest BCUT2D eigenvalue weighted by molar-refractivity contribution is 0.102.